The van der Waals surface area contributed by atoms with Crippen molar-refractivity contribution >= 4 is 68.8 Å². The Morgan fingerprint density at radius 1 is 0.454 bits per heavy atom. The summed E-state index contributed by atoms with van der Waals surface area (Å²) in [6.45, 7) is 63.3. The normalized spacial score (nSPS) is 11.9. The molecule has 0 atom stereocenters. The van der Waals surface area contributed by atoms with Gasteiger partial charge in [0.25, 0.3) is 39.4 Å². The Bertz CT molecular complexity index is 4780. The first-order chi connectivity index (χ1) is 45.6. The number of rotatable bonds is 16. The third kappa shape index (κ3) is 17.3. The zero-order valence-corrected chi connectivity index (χ0v) is 58.2. The van der Waals surface area contributed by atoms with E-state index in [-0.39, 0.29) is 108 Å². The van der Waals surface area contributed by atoms with Crippen molar-refractivity contribution in [3.05, 3.63) is 152 Å². The van der Waals surface area contributed by atoms with Crippen molar-refractivity contribution in [2.75, 3.05) is 13.2 Å². The molecule has 1 aromatic carbocycles. The van der Waals surface area contributed by atoms with Crippen molar-refractivity contribution in [2.24, 2.45) is 62.1 Å². The summed E-state index contributed by atoms with van der Waals surface area (Å²) in [4.78, 5) is 63.2. The van der Waals surface area contributed by atoms with Crippen LogP contribution in [0.15, 0.2) is 90.4 Å². The Hall–Kier alpha value is -11.9. The second-order valence-electron chi connectivity index (χ2n) is 26.1. The topological polar surface area (TPSA) is 401 Å². The average Bonchev–Trinajstić information content (AvgIpc) is 1.74. The fourth-order valence-electron chi connectivity index (χ4n) is 8.99. The summed E-state index contributed by atoms with van der Waals surface area (Å²) < 4.78 is 16.2. The Labute approximate surface area is 558 Å². The molecule has 0 spiro atoms. The minimum Gasteiger partial charge on any atom is -0.477 e. The Morgan fingerprint density at radius 2 is 0.814 bits per heavy atom. The van der Waals surface area contributed by atoms with E-state index in [0.29, 0.717) is 64.4 Å². The van der Waals surface area contributed by atoms with E-state index in [2.05, 4.69) is 121 Å². The second-order valence-corrected chi connectivity index (χ2v) is 26.1. The van der Waals surface area contributed by atoms with E-state index >= 15 is 0 Å². The number of hydrogen-bond acceptors (Lipinski definition) is 18. The number of azo groups is 4. The number of H-pyrrole nitrogens is 8. The molecule has 0 aliphatic carbocycles. The minimum atomic E-state index is -0.408. The Kier molecular flexibility index (Phi) is 23.6. The molecule has 0 amide bonds. The number of aryl methyl sites for hydroxylation is 4. The number of ether oxygens (including phenoxy) is 2. The van der Waals surface area contributed by atoms with E-state index in [1.807, 2.05) is 122 Å². The molecule has 0 radical (unpaired) electrons. The highest BCUT2D eigenvalue weighted by atomic mass is 16.5. The molecule has 0 aliphatic rings. The molecule has 0 unspecified atom stereocenters. The first kappa shape index (κ1) is 74.1. The van der Waals surface area contributed by atoms with Crippen molar-refractivity contribution in [3.8, 4) is 17.4 Å². The van der Waals surface area contributed by atoms with Crippen LogP contribution in [0, 0.1) is 26.3 Å². The predicted octanol–water partition coefficient (Wildman–Crippen LogP) is 15.1. The van der Waals surface area contributed by atoms with Crippen LogP contribution in [0.3, 0.4) is 0 Å². The average molecular weight is 1330 g/mol. The molecule has 8 heterocycles. The lowest BCUT2D eigenvalue weighted by atomic mass is 9.91. The standard InChI is InChI=1S/C19H21N7O2.2C15H21N7O.C14H19N7O2/c1-6-28-17-14(18(27)26(25-17)12-10-8-7-9-11-12)21-23-16-13(20-5)15(22-24-16)19(2,3)4;1-8(2)9-10(16-6)13(19-17-9)20-18-11-12(15(3,4)5)21-22(7)14(11)23;1-7-8-9-10(16-5)13(19-17-9)20-18-11-12(15(2,3)4)21-22(6)14(11)23;1-7-23-12-9(13(22)21(6)20-12)16-18-11-8(15-5)10(17-19-11)14(2,3)4/h7-11,25H,6H2,1-4H3,(H,22,24);8,21H,1-5,7H3,(H,17,19);21H,7-8H2,1-4,6H3,(H,17,19);20H,7H2,1-4,6H3,(H,17,19). The van der Waals surface area contributed by atoms with Gasteiger partial charge in [0.05, 0.1) is 56.6 Å². The van der Waals surface area contributed by atoms with Gasteiger partial charge in [-0.25, -0.2) is 24.1 Å². The lowest BCUT2D eigenvalue weighted by Crippen LogP contribution is -2.13. The fourth-order valence-corrected chi connectivity index (χ4v) is 8.99. The van der Waals surface area contributed by atoms with E-state index in [4.69, 9.17) is 35.8 Å². The van der Waals surface area contributed by atoms with Gasteiger partial charge in [-0.15, -0.1) is 40.9 Å². The largest absolute Gasteiger partial charge is 0.477 e. The van der Waals surface area contributed by atoms with Crippen molar-refractivity contribution in [1.29, 1.82) is 0 Å². The molecule has 0 saturated carbocycles. The Balaban J connectivity index is 0.000000205. The van der Waals surface area contributed by atoms with Crippen LogP contribution in [-0.2, 0) is 49.2 Å². The molecule has 9 aromatic rings. The minimum absolute atomic E-state index is 0.0157. The zero-order chi connectivity index (χ0) is 72.1. The maximum absolute atomic E-state index is 12.8. The summed E-state index contributed by atoms with van der Waals surface area (Å²) in [6, 6.07) is 9.08. The highest BCUT2D eigenvalue weighted by molar-refractivity contribution is 5.69. The summed E-state index contributed by atoms with van der Waals surface area (Å²) in [5.74, 6) is 1.26. The van der Waals surface area contributed by atoms with E-state index in [9.17, 15) is 19.2 Å². The summed E-state index contributed by atoms with van der Waals surface area (Å²) in [6.07, 6.45) is 1.62. The van der Waals surface area contributed by atoms with Gasteiger partial charge in [-0.1, -0.05) is 128 Å². The third-order valence-electron chi connectivity index (χ3n) is 14.0. The van der Waals surface area contributed by atoms with Crippen molar-refractivity contribution in [3.63, 3.8) is 0 Å². The van der Waals surface area contributed by atoms with Crippen molar-refractivity contribution in [2.45, 2.75) is 158 Å². The van der Waals surface area contributed by atoms with Gasteiger partial charge in [-0.05, 0) is 49.1 Å². The van der Waals surface area contributed by atoms with Crippen LogP contribution in [0.25, 0.3) is 25.1 Å². The summed E-state index contributed by atoms with van der Waals surface area (Å²) in [7, 11) is 4.82. The lowest BCUT2D eigenvalue weighted by molar-refractivity contribution is 0.324. The van der Waals surface area contributed by atoms with Crippen LogP contribution >= 0.6 is 0 Å². The monoisotopic (exact) mass is 1330 g/mol. The van der Waals surface area contributed by atoms with Crippen LogP contribution in [-0.4, -0.2) is 93.1 Å². The molecule has 8 aromatic heterocycles. The van der Waals surface area contributed by atoms with Crippen molar-refractivity contribution < 1.29 is 9.47 Å². The molecule has 97 heavy (non-hydrogen) atoms. The SMILES string of the molecule is [C-]#[N+]c1c(N=Nc2c(C(C)(C)C)[nH]n(C)c2=O)n[nH]c1C(C)C.[C-]#[N+]c1c(N=Nc2c(C(C)(C)C)[nH]n(C)c2=O)n[nH]c1CCC.[C-]#[N+]c1c(N=Nc2c(OCC)[nH]n(-c3ccccc3)c2=O)n[nH]c1C(C)(C)C.[C-]#[N+]c1c(N=Nc2c(OCC)[nH]n(C)c2=O)n[nH]c1C(C)(C)C. The van der Waals surface area contributed by atoms with Crippen LogP contribution in [0.1, 0.15) is 164 Å². The highest BCUT2D eigenvalue weighted by Crippen LogP contribution is 2.41. The number of benzene rings is 1. The maximum atomic E-state index is 12.8. The number of aromatic nitrogens is 16. The van der Waals surface area contributed by atoms with Crippen LogP contribution in [0.4, 0.5) is 68.8 Å². The Morgan fingerprint density at radius 3 is 1.22 bits per heavy atom. The van der Waals surface area contributed by atoms with Gasteiger partial charge in [0.2, 0.25) is 46.4 Å². The molecule has 0 saturated heterocycles. The van der Waals surface area contributed by atoms with Crippen molar-refractivity contribution in [1.82, 2.24) is 79.9 Å². The lowest BCUT2D eigenvalue weighted by Gasteiger charge is -2.16. The number of para-hydroxylation sites is 1. The molecule has 8 N–H and O–H groups in total. The van der Waals surface area contributed by atoms with E-state index in [0.717, 1.165) is 18.5 Å². The maximum Gasteiger partial charge on any atom is 0.303 e. The van der Waals surface area contributed by atoms with Crippen LogP contribution in [0.5, 0.6) is 11.8 Å². The first-order valence-corrected chi connectivity index (χ1v) is 30.7. The molecule has 34 heteroatoms. The summed E-state index contributed by atoms with van der Waals surface area (Å²) in [5.41, 5.74) is 4.23. The molecule has 34 nitrogen and oxygen atoms in total. The van der Waals surface area contributed by atoms with Gasteiger partial charge in [0.1, 0.15) is 0 Å². The second kappa shape index (κ2) is 30.9. The quantitative estimate of drug-likeness (QED) is 0.0334. The van der Waals surface area contributed by atoms with Gasteiger partial charge in [0, 0.05) is 54.7 Å². The van der Waals surface area contributed by atoms with E-state index < -0.39 is 5.56 Å². The summed E-state index contributed by atoms with van der Waals surface area (Å²) >= 11 is 0. The van der Waals surface area contributed by atoms with E-state index in [1.165, 1.54) is 18.7 Å². The summed E-state index contributed by atoms with van der Waals surface area (Å²) in [5, 5.41) is 71.3. The molecular formula is C63H82N28O6. The van der Waals surface area contributed by atoms with Crippen LogP contribution < -0.4 is 31.7 Å². The number of aromatic amines is 8. The number of nitrogens with one attached hydrogen (secondary N) is 8. The number of nitrogens with zero attached hydrogens (tertiary/aromatic N) is 20. The third-order valence-corrected chi connectivity index (χ3v) is 14.0. The molecule has 9 rings (SSSR count). The zero-order valence-electron chi connectivity index (χ0n) is 58.2. The van der Waals surface area contributed by atoms with Gasteiger partial charge in [0.15, 0.2) is 11.4 Å². The predicted molar refractivity (Wildman–Crippen MR) is 366 cm³/mol. The molecule has 0 bridgehead atoms. The molecule has 0 aliphatic heterocycles. The fraction of sp³-hybridized carbons (Fsp3) is 0.460. The first-order valence-electron chi connectivity index (χ1n) is 30.7. The van der Waals surface area contributed by atoms with E-state index in [1.54, 1.807) is 47.1 Å². The van der Waals surface area contributed by atoms with Gasteiger partial charge >= 0.3 is 5.56 Å². The van der Waals surface area contributed by atoms with Crippen LogP contribution in [0.2, 0.25) is 0 Å². The number of hydrogen-bond donors (Lipinski definition) is 8. The molecular weight excluding hydrogens is 1240 g/mol. The smallest absolute Gasteiger partial charge is 0.303 e. The van der Waals surface area contributed by atoms with Gasteiger partial charge in [-0.3, -0.25) is 74.0 Å². The molecule has 0 fully saturated rings. The van der Waals surface area contributed by atoms with Gasteiger partial charge in [-0.2, -0.15) is 20.4 Å². The highest BCUT2D eigenvalue weighted by Gasteiger charge is 2.29. The van der Waals surface area contributed by atoms with Gasteiger partial charge < -0.3 is 9.47 Å². The molecule has 510 valence electrons.